The molecule has 0 unspecified atom stereocenters. The minimum atomic E-state index is 0.258. The molecular weight excluding hydrogens is 126 g/mol. The maximum Gasteiger partial charge on any atom is 0.125 e. The quantitative estimate of drug-likeness (QED) is 0.539. The molecule has 0 saturated carbocycles. The number of nitrogens with one attached hydrogen (secondary N) is 1. The van der Waals surface area contributed by atoms with Crippen molar-refractivity contribution in [3.05, 3.63) is 11.8 Å². The van der Waals surface area contributed by atoms with E-state index in [9.17, 15) is 4.79 Å². The maximum absolute atomic E-state index is 10.5. The molecule has 0 aromatic rings. The summed E-state index contributed by atoms with van der Waals surface area (Å²) in [7, 11) is 0. The van der Waals surface area contributed by atoms with Gasteiger partial charge >= 0.3 is 0 Å². The molecule has 1 fully saturated rings. The lowest BCUT2D eigenvalue weighted by Crippen LogP contribution is -2.12. The van der Waals surface area contributed by atoms with Crippen molar-refractivity contribution < 1.29 is 4.79 Å². The van der Waals surface area contributed by atoms with Crippen molar-refractivity contribution in [2.24, 2.45) is 11.8 Å². The summed E-state index contributed by atoms with van der Waals surface area (Å²) in [6.07, 6.45) is 5.63. The molecule has 1 heterocycles. The Kier molecular flexibility index (Phi) is 1.26. The number of hydrogen-bond acceptors (Lipinski definition) is 2. The second-order valence-electron chi connectivity index (χ2n) is 3.02. The highest BCUT2D eigenvalue weighted by Crippen LogP contribution is 2.33. The number of fused-ring (bicyclic) bond motifs is 1. The summed E-state index contributed by atoms with van der Waals surface area (Å²) in [4.78, 5) is 10.5. The first-order valence-electron chi connectivity index (χ1n) is 3.81. The monoisotopic (exact) mass is 137 g/mol. The third-order valence-corrected chi connectivity index (χ3v) is 2.47. The normalized spacial score (nSPS) is 36.6. The van der Waals surface area contributed by atoms with Gasteiger partial charge in [0, 0.05) is 24.1 Å². The van der Waals surface area contributed by atoms with E-state index in [4.69, 9.17) is 0 Å². The van der Waals surface area contributed by atoms with Crippen molar-refractivity contribution in [1.29, 1.82) is 0 Å². The summed E-state index contributed by atoms with van der Waals surface area (Å²) in [5.41, 5.74) is 1.32. The highest BCUT2D eigenvalue weighted by Gasteiger charge is 2.32. The van der Waals surface area contributed by atoms with Crippen LogP contribution in [0.2, 0.25) is 0 Å². The van der Waals surface area contributed by atoms with E-state index in [0.29, 0.717) is 5.92 Å². The van der Waals surface area contributed by atoms with Gasteiger partial charge < -0.3 is 10.1 Å². The van der Waals surface area contributed by atoms with E-state index in [0.717, 1.165) is 19.3 Å². The standard InChI is InChI=1S/C8H11NO/c10-5-6-4-9-8-3-1-2-7(6)8/h3,5-7,9H,1-2,4H2/t6-,7+/m0/s1. The molecule has 0 bridgehead atoms. The van der Waals surface area contributed by atoms with Crippen LogP contribution < -0.4 is 5.32 Å². The fourth-order valence-corrected chi connectivity index (χ4v) is 1.89. The lowest BCUT2D eigenvalue weighted by atomic mass is 9.95. The van der Waals surface area contributed by atoms with Crippen molar-refractivity contribution in [2.75, 3.05) is 6.54 Å². The van der Waals surface area contributed by atoms with Crippen LogP contribution in [0.5, 0.6) is 0 Å². The van der Waals surface area contributed by atoms with Crippen molar-refractivity contribution in [3.8, 4) is 0 Å². The SMILES string of the molecule is O=C[C@@H]1CNC2=CCC[C@@H]21. The van der Waals surface area contributed by atoms with Crippen molar-refractivity contribution in [1.82, 2.24) is 5.32 Å². The zero-order valence-corrected chi connectivity index (χ0v) is 5.84. The highest BCUT2D eigenvalue weighted by molar-refractivity contribution is 5.57. The molecule has 2 rings (SSSR count). The van der Waals surface area contributed by atoms with Crippen LogP contribution in [0.3, 0.4) is 0 Å². The summed E-state index contributed by atoms with van der Waals surface area (Å²) in [5.74, 6) is 0.797. The van der Waals surface area contributed by atoms with Crippen LogP contribution in [-0.2, 0) is 4.79 Å². The minimum absolute atomic E-state index is 0.258. The maximum atomic E-state index is 10.5. The fourth-order valence-electron chi connectivity index (χ4n) is 1.89. The molecule has 2 heteroatoms. The Morgan fingerprint density at radius 1 is 1.70 bits per heavy atom. The van der Waals surface area contributed by atoms with Gasteiger partial charge in [-0.3, -0.25) is 0 Å². The Labute approximate surface area is 60.3 Å². The summed E-state index contributed by atoms with van der Waals surface area (Å²) < 4.78 is 0. The third-order valence-electron chi connectivity index (χ3n) is 2.47. The third kappa shape index (κ3) is 0.681. The number of allylic oxidation sites excluding steroid dienone is 2. The Morgan fingerprint density at radius 3 is 3.40 bits per heavy atom. The first kappa shape index (κ1) is 5.96. The predicted octanol–water partition coefficient (Wildman–Crippen LogP) is 0.699. The van der Waals surface area contributed by atoms with Crippen molar-refractivity contribution in [2.45, 2.75) is 12.8 Å². The van der Waals surface area contributed by atoms with Gasteiger partial charge in [-0.2, -0.15) is 0 Å². The second kappa shape index (κ2) is 2.11. The summed E-state index contributed by atoms with van der Waals surface area (Å²) in [6.45, 7) is 0.861. The zero-order valence-electron chi connectivity index (χ0n) is 5.84. The Hall–Kier alpha value is -0.790. The molecule has 10 heavy (non-hydrogen) atoms. The lowest BCUT2D eigenvalue weighted by molar-refractivity contribution is -0.111. The Morgan fingerprint density at radius 2 is 2.60 bits per heavy atom. The average Bonchev–Trinajstić information content (AvgIpc) is 2.44. The molecule has 1 aliphatic heterocycles. The summed E-state index contributed by atoms with van der Waals surface area (Å²) >= 11 is 0. The molecule has 2 atom stereocenters. The van der Waals surface area contributed by atoms with E-state index in [-0.39, 0.29) is 5.92 Å². The van der Waals surface area contributed by atoms with Gasteiger partial charge in [-0.05, 0) is 12.8 Å². The van der Waals surface area contributed by atoms with Gasteiger partial charge in [-0.1, -0.05) is 6.08 Å². The van der Waals surface area contributed by atoms with E-state index in [1.54, 1.807) is 0 Å². The van der Waals surface area contributed by atoms with Crippen LogP contribution >= 0.6 is 0 Å². The van der Waals surface area contributed by atoms with E-state index in [1.807, 2.05) is 0 Å². The largest absolute Gasteiger partial charge is 0.388 e. The van der Waals surface area contributed by atoms with Crippen molar-refractivity contribution >= 4 is 6.29 Å². The fraction of sp³-hybridized carbons (Fsp3) is 0.625. The van der Waals surface area contributed by atoms with Gasteiger partial charge in [0.25, 0.3) is 0 Å². The highest BCUT2D eigenvalue weighted by atomic mass is 16.1. The number of carbonyl (C=O) groups excluding carboxylic acids is 1. The minimum Gasteiger partial charge on any atom is -0.388 e. The summed E-state index contributed by atoms with van der Waals surface area (Å²) in [5, 5.41) is 3.25. The molecule has 1 saturated heterocycles. The molecule has 0 radical (unpaired) electrons. The van der Waals surface area contributed by atoms with Crippen LogP contribution in [0.1, 0.15) is 12.8 Å². The van der Waals surface area contributed by atoms with E-state index < -0.39 is 0 Å². The molecular formula is C8H11NO. The number of aldehydes is 1. The van der Waals surface area contributed by atoms with E-state index >= 15 is 0 Å². The Balaban J connectivity index is 2.18. The molecule has 54 valence electrons. The Bertz CT molecular complexity index is 186. The van der Waals surface area contributed by atoms with Gasteiger partial charge in [0.15, 0.2) is 0 Å². The van der Waals surface area contributed by atoms with Crippen LogP contribution in [0.15, 0.2) is 11.8 Å². The van der Waals surface area contributed by atoms with E-state index in [2.05, 4.69) is 11.4 Å². The second-order valence-corrected chi connectivity index (χ2v) is 3.02. The molecule has 1 aliphatic carbocycles. The van der Waals surface area contributed by atoms with Gasteiger partial charge in [0.1, 0.15) is 6.29 Å². The van der Waals surface area contributed by atoms with Crippen LogP contribution in [0, 0.1) is 11.8 Å². The van der Waals surface area contributed by atoms with Gasteiger partial charge in [0.05, 0.1) is 0 Å². The zero-order chi connectivity index (χ0) is 6.97. The van der Waals surface area contributed by atoms with Crippen LogP contribution in [0.4, 0.5) is 0 Å². The van der Waals surface area contributed by atoms with Crippen LogP contribution in [0.25, 0.3) is 0 Å². The van der Waals surface area contributed by atoms with Gasteiger partial charge in [-0.25, -0.2) is 0 Å². The molecule has 0 aromatic carbocycles. The summed E-state index contributed by atoms with van der Waals surface area (Å²) in [6, 6.07) is 0. The predicted molar refractivity (Wildman–Crippen MR) is 38.4 cm³/mol. The van der Waals surface area contributed by atoms with Gasteiger partial charge in [0.2, 0.25) is 0 Å². The number of hydrogen-bond donors (Lipinski definition) is 1. The molecule has 2 nitrogen and oxygen atoms in total. The molecule has 0 spiro atoms. The first-order chi connectivity index (χ1) is 4.92. The molecule has 1 N–H and O–H groups in total. The topological polar surface area (TPSA) is 29.1 Å². The number of carbonyl (C=O) groups is 1. The number of rotatable bonds is 1. The first-order valence-corrected chi connectivity index (χ1v) is 3.81. The van der Waals surface area contributed by atoms with E-state index in [1.165, 1.54) is 12.1 Å². The van der Waals surface area contributed by atoms with Crippen molar-refractivity contribution in [3.63, 3.8) is 0 Å². The lowest BCUT2D eigenvalue weighted by Gasteiger charge is -2.06. The molecule has 2 aliphatic rings. The smallest absolute Gasteiger partial charge is 0.125 e. The molecule has 0 aromatic heterocycles. The van der Waals surface area contributed by atoms with Crippen LogP contribution in [-0.4, -0.2) is 12.8 Å². The average molecular weight is 137 g/mol. The van der Waals surface area contributed by atoms with Gasteiger partial charge in [-0.15, -0.1) is 0 Å². The molecule has 0 amide bonds.